The predicted octanol–water partition coefficient (Wildman–Crippen LogP) is 5.67. The van der Waals surface area contributed by atoms with Crippen LogP contribution in [0.5, 0.6) is 11.5 Å². The Morgan fingerprint density at radius 3 is 2.59 bits per heavy atom. The predicted molar refractivity (Wildman–Crippen MR) is 128 cm³/mol. The number of cyclic esters (lactones) is 1. The average molecular weight is 543 g/mol. The molecule has 0 saturated heterocycles. The third-order valence-corrected chi connectivity index (χ3v) is 5.65. The van der Waals surface area contributed by atoms with Crippen molar-refractivity contribution in [3.05, 3.63) is 98.0 Å². The molecule has 4 rings (SSSR count). The van der Waals surface area contributed by atoms with Crippen molar-refractivity contribution in [2.45, 2.75) is 13.5 Å². The number of benzene rings is 3. The molecule has 0 fully saturated rings. The van der Waals surface area contributed by atoms with E-state index >= 15 is 0 Å². The Balaban J connectivity index is 1.59. The molecule has 0 saturated carbocycles. The van der Waals surface area contributed by atoms with Crippen molar-refractivity contribution in [1.29, 1.82) is 0 Å². The first kappa shape index (κ1) is 22.0. The van der Waals surface area contributed by atoms with Crippen LogP contribution < -0.4 is 9.47 Å². The van der Waals surface area contributed by atoms with Crippen molar-refractivity contribution in [1.82, 2.24) is 0 Å². The van der Waals surface area contributed by atoms with Gasteiger partial charge in [-0.1, -0.05) is 30.3 Å². The molecule has 0 spiro atoms. The maximum absolute atomic E-state index is 13.1. The summed E-state index contributed by atoms with van der Waals surface area (Å²) in [6.45, 7) is 2.20. The Morgan fingerprint density at radius 2 is 1.88 bits per heavy atom. The Labute approximate surface area is 198 Å². The first-order valence-corrected chi connectivity index (χ1v) is 10.9. The van der Waals surface area contributed by atoms with E-state index < -0.39 is 5.97 Å². The zero-order chi connectivity index (χ0) is 22.7. The Bertz CT molecular complexity index is 1240. The number of halogens is 2. The smallest absolute Gasteiger partial charge is 0.363 e. The topological polar surface area (TPSA) is 57.1 Å². The van der Waals surface area contributed by atoms with Crippen molar-refractivity contribution in [2.24, 2.45) is 4.99 Å². The molecule has 0 aliphatic carbocycles. The summed E-state index contributed by atoms with van der Waals surface area (Å²) in [5, 5.41) is 0. The molecule has 0 bridgehead atoms. The SMILES string of the molecule is COc1cc(/C=C2\N=C(c3ccccc3C)OC2=O)cc(I)c1OCc1ccc(F)cc1. The summed E-state index contributed by atoms with van der Waals surface area (Å²) in [7, 11) is 1.55. The molecule has 0 atom stereocenters. The van der Waals surface area contributed by atoms with Crippen LogP contribution in [0.2, 0.25) is 0 Å². The number of hydrogen-bond acceptors (Lipinski definition) is 5. The summed E-state index contributed by atoms with van der Waals surface area (Å²) < 4.78 is 30.7. The monoisotopic (exact) mass is 543 g/mol. The summed E-state index contributed by atoms with van der Waals surface area (Å²) in [5.74, 6) is 0.573. The highest BCUT2D eigenvalue weighted by molar-refractivity contribution is 14.1. The number of hydrogen-bond donors (Lipinski definition) is 0. The second kappa shape index (κ2) is 9.52. The zero-order valence-corrected chi connectivity index (χ0v) is 19.6. The minimum Gasteiger partial charge on any atom is -0.493 e. The number of ether oxygens (including phenoxy) is 3. The second-order valence-electron chi connectivity index (χ2n) is 7.10. The number of esters is 1. The van der Waals surface area contributed by atoms with Gasteiger partial charge >= 0.3 is 5.97 Å². The van der Waals surface area contributed by atoms with Crippen LogP contribution >= 0.6 is 22.6 Å². The lowest BCUT2D eigenvalue weighted by Crippen LogP contribution is -2.06. The maximum atomic E-state index is 13.1. The van der Waals surface area contributed by atoms with E-state index in [1.54, 1.807) is 31.4 Å². The summed E-state index contributed by atoms with van der Waals surface area (Å²) in [4.78, 5) is 16.8. The molecule has 0 radical (unpaired) electrons. The van der Waals surface area contributed by atoms with Crippen LogP contribution in [0.4, 0.5) is 4.39 Å². The number of aryl methyl sites for hydroxylation is 1. The summed E-state index contributed by atoms with van der Waals surface area (Å²) in [6, 6.07) is 17.3. The van der Waals surface area contributed by atoms with E-state index in [4.69, 9.17) is 14.2 Å². The summed E-state index contributed by atoms with van der Waals surface area (Å²) in [6.07, 6.45) is 1.65. The number of carbonyl (C=O) groups excluding carboxylic acids is 1. The normalized spacial score (nSPS) is 14.3. The average Bonchev–Trinajstić information content (AvgIpc) is 3.14. The molecule has 5 nitrogen and oxygen atoms in total. The maximum Gasteiger partial charge on any atom is 0.363 e. The number of methoxy groups -OCH3 is 1. The molecule has 7 heteroatoms. The van der Waals surface area contributed by atoms with Gasteiger partial charge in [-0.15, -0.1) is 0 Å². The Hall–Kier alpha value is -3.20. The van der Waals surface area contributed by atoms with E-state index in [1.165, 1.54) is 12.1 Å². The van der Waals surface area contributed by atoms with E-state index in [1.807, 2.05) is 37.3 Å². The highest BCUT2D eigenvalue weighted by atomic mass is 127. The van der Waals surface area contributed by atoms with E-state index in [9.17, 15) is 9.18 Å². The van der Waals surface area contributed by atoms with Gasteiger partial charge in [-0.3, -0.25) is 0 Å². The van der Waals surface area contributed by atoms with Crippen molar-refractivity contribution in [3.8, 4) is 11.5 Å². The van der Waals surface area contributed by atoms with Gasteiger partial charge in [-0.2, -0.15) is 0 Å². The standard InChI is InChI=1S/C25H19FINO4/c1-15-5-3-4-6-19(15)24-28-21(25(29)32-24)12-17-11-20(27)23(22(13-17)30-2)31-14-16-7-9-18(26)10-8-16/h3-13H,14H2,1-2H3/b21-12-. The molecule has 0 N–H and O–H groups in total. The molecular formula is C25H19FINO4. The highest BCUT2D eigenvalue weighted by Crippen LogP contribution is 2.35. The highest BCUT2D eigenvalue weighted by Gasteiger charge is 2.25. The molecule has 3 aromatic rings. The molecule has 3 aromatic carbocycles. The number of carbonyl (C=O) groups is 1. The molecule has 1 heterocycles. The fourth-order valence-corrected chi connectivity index (χ4v) is 3.98. The molecule has 32 heavy (non-hydrogen) atoms. The minimum atomic E-state index is -0.506. The molecular weight excluding hydrogens is 524 g/mol. The van der Waals surface area contributed by atoms with Crippen LogP contribution in [0.15, 0.2) is 71.4 Å². The lowest BCUT2D eigenvalue weighted by atomic mass is 10.1. The van der Waals surface area contributed by atoms with Gasteiger partial charge in [-0.05, 0) is 82.6 Å². The van der Waals surface area contributed by atoms with E-state index in [2.05, 4.69) is 27.6 Å². The largest absolute Gasteiger partial charge is 0.493 e. The number of nitrogens with zero attached hydrogens (tertiary/aromatic N) is 1. The van der Waals surface area contributed by atoms with Crippen LogP contribution in [0.3, 0.4) is 0 Å². The molecule has 162 valence electrons. The molecule has 0 unspecified atom stereocenters. The van der Waals surface area contributed by atoms with Gasteiger partial charge in [0.05, 0.1) is 10.7 Å². The third-order valence-electron chi connectivity index (χ3n) is 4.85. The second-order valence-corrected chi connectivity index (χ2v) is 8.26. The van der Waals surface area contributed by atoms with Gasteiger partial charge in [0.2, 0.25) is 5.90 Å². The molecule has 1 aliphatic heterocycles. The molecule has 1 aliphatic rings. The first-order valence-electron chi connectivity index (χ1n) is 9.78. The van der Waals surface area contributed by atoms with Crippen LogP contribution in [0, 0.1) is 16.3 Å². The third kappa shape index (κ3) is 4.83. The molecule has 0 amide bonds. The van der Waals surface area contributed by atoms with Crippen LogP contribution in [-0.4, -0.2) is 19.0 Å². The van der Waals surface area contributed by atoms with Gasteiger partial charge in [0, 0.05) is 5.56 Å². The van der Waals surface area contributed by atoms with E-state index in [-0.39, 0.29) is 18.1 Å². The van der Waals surface area contributed by atoms with Crippen molar-refractivity contribution in [2.75, 3.05) is 7.11 Å². The minimum absolute atomic E-state index is 0.209. The van der Waals surface area contributed by atoms with E-state index in [0.717, 1.165) is 25.8 Å². The lowest BCUT2D eigenvalue weighted by Gasteiger charge is -2.14. The van der Waals surface area contributed by atoms with Crippen LogP contribution in [-0.2, 0) is 16.1 Å². The summed E-state index contributed by atoms with van der Waals surface area (Å²) in [5.41, 5.74) is 3.52. The zero-order valence-electron chi connectivity index (χ0n) is 17.4. The van der Waals surface area contributed by atoms with Gasteiger partial charge < -0.3 is 14.2 Å². The van der Waals surface area contributed by atoms with Gasteiger partial charge in [0.15, 0.2) is 17.2 Å². The van der Waals surface area contributed by atoms with Gasteiger partial charge in [0.1, 0.15) is 12.4 Å². The first-order chi connectivity index (χ1) is 15.4. The molecule has 0 aromatic heterocycles. The fraction of sp³-hybridized carbons (Fsp3) is 0.120. The van der Waals surface area contributed by atoms with Crippen molar-refractivity contribution in [3.63, 3.8) is 0 Å². The fourth-order valence-electron chi connectivity index (χ4n) is 3.19. The Morgan fingerprint density at radius 1 is 1.12 bits per heavy atom. The van der Waals surface area contributed by atoms with Crippen LogP contribution in [0.1, 0.15) is 22.3 Å². The number of aliphatic imine (C=N–C) groups is 1. The van der Waals surface area contributed by atoms with Crippen molar-refractivity contribution < 1.29 is 23.4 Å². The van der Waals surface area contributed by atoms with E-state index in [0.29, 0.717) is 17.4 Å². The Kier molecular flexibility index (Phi) is 6.55. The van der Waals surface area contributed by atoms with Gasteiger partial charge in [0.25, 0.3) is 0 Å². The lowest BCUT2D eigenvalue weighted by molar-refractivity contribution is -0.129. The number of rotatable bonds is 6. The summed E-state index contributed by atoms with van der Waals surface area (Å²) >= 11 is 2.15. The van der Waals surface area contributed by atoms with Crippen LogP contribution in [0.25, 0.3) is 6.08 Å². The van der Waals surface area contributed by atoms with Gasteiger partial charge in [-0.25, -0.2) is 14.2 Å². The quantitative estimate of drug-likeness (QED) is 0.229. The van der Waals surface area contributed by atoms with Crippen molar-refractivity contribution >= 4 is 40.5 Å².